The minimum atomic E-state index is -0.908. The largest absolute Gasteiger partial charge is 0.480 e. The Hall–Kier alpha value is -3.79. The van der Waals surface area contributed by atoms with Crippen LogP contribution in [0.25, 0.3) is 16.8 Å². The molecule has 3 aromatic carbocycles. The maximum Gasteiger partial charge on any atom is 0.326 e. The van der Waals surface area contributed by atoms with Crippen LogP contribution in [0, 0.1) is 5.92 Å². The number of carbonyl (C=O) groups is 1. The molecule has 0 fully saturated rings. The molecule has 0 saturated heterocycles. The van der Waals surface area contributed by atoms with Gasteiger partial charge in [-0.1, -0.05) is 127 Å². The lowest BCUT2D eigenvalue weighted by Crippen LogP contribution is -2.43. The second kappa shape index (κ2) is 11.9. The van der Waals surface area contributed by atoms with Crippen molar-refractivity contribution in [2.24, 2.45) is 5.92 Å². The van der Waals surface area contributed by atoms with E-state index in [1.807, 2.05) is 59.5 Å². The minimum absolute atomic E-state index is 0.212. The summed E-state index contributed by atoms with van der Waals surface area (Å²) in [5, 5.41) is 11.4. The molecule has 0 bridgehead atoms. The average molecular weight is 555 g/mol. The zero-order chi connectivity index (χ0) is 27.4. The van der Waals surface area contributed by atoms with Crippen molar-refractivity contribution in [2.75, 3.05) is 6.54 Å². The highest BCUT2D eigenvalue weighted by Gasteiger charge is 2.31. The molecule has 0 unspecified atom stereocenters. The Balaban J connectivity index is 1.47. The monoisotopic (exact) mass is 553 g/mol. The van der Waals surface area contributed by atoms with Crippen LogP contribution in [0.2, 0.25) is 10.0 Å². The van der Waals surface area contributed by atoms with Gasteiger partial charge < -0.3 is 10.0 Å². The van der Waals surface area contributed by atoms with Gasteiger partial charge in [-0.25, -0.2) is 4.79 Å². The van der Waals surface area contributed by atoms with E-state index in [9.17, 15) is 9.90 Å². The number of nitrogens with zero attached hydrogens (tertiary/aromatic N) is 1. The highest BCUT2D eigenvalue weighted by Crippen LogP contribution is 2.35. The number of rotatable bonds is 9. The lowest BCUT2D eigenvalue weighted by Gasteiger charge is -2.36. The summed E-state index contributed by atoms with van der Waals surface area (Å²) >= 11 is 12.5. The summed E-state index contributed by atoms with van der Waals surface area (Å²) in [5.74, 6) is -0.696. The van der Waals surface area contributed by atoms with Gasteiger partial charge in [0, 0.05) is 24.6 Å². The van der Waals surface area contributed by atoms with Gasteiger partial charge in [0.05, 0.1) is 10.0 Å². The Morgan fingerprint density at radius 2 is 1.69 bits per heavy atom. The van der Waals surface area contributed by atoms with Crippen LogP contribution in [0.5, 0.6) is 0 Å². The van der Waals surface area contributed by atoms with Gasteiger partial charge in [0.25, 0.3) is 0 Å². The molecule has 0 amide bonds. The van der Waals surface area contributed by atoms with Crippen LogP contribution in [0.3, 0.4) is 0 Å². The molecule has 2 atom stereocenters. The van der Waals surface area contributed by atoms with Gasteiger partial charge in [-0.2, -0.15) is 0 Å². The predicted molar refractivity (Wildman–Crippen MR) is 162 cm³/mol. The van der Waals surface area contributed by atoms with E-state index in [4.69, 9.17) is 23.2 Å². The zero-order valence-electron chi connectivity index (χ0n) is 21.4. The highest BCUT2D eigenvalue weighted by atomic mass is 35.5. The Labute approximate surface area is 239 Å². The van der Waals surface area contributed by atoms with E-state index >= 15 is 0 Å². The Bertz CT molecular complexity index is 1500. The molecule has 0 aliphatic heterocycles. The van der Waals surface area contributed by atoms with Crippen LogP contribution >= 0.6 is 23.2 Å². The zero-order valence-corrected chi connectivity index (χ0v) is 22.9. The average Bonchev–Trinajstić information content (AvgIpc) is 2.96. The molecule has 3 nitrogen and oxygen atoms in total. The summed E-state index contributed by atoms with van der Waals surface area (Å²) in [6.07, 6.45) is 13.8. The van der Waals surface area contributed by atoms with Gasteiger partial charge in [-0.05, 0) is 52.0 Å². The number of carboxylic acid groups (broad SMARTS) is 1. The van der Waals surface area contributed by atoms with Crippen molar-refractivity contribution in [3.8, 4) is 11.1 Å². The van der Waals surface area contributed by atoms with Gasteiger partial charge >= 0.3 is 5.97 Å². The first-order valence-electron chi connectivity index (χ1n) is 12.9. The maximum absolute atomic E-state index is 12.8. The van der Waals surface area contributed by atoms with Crippen molar-refractivity contribution in [1.29, 1.82) is 0 Å². The van der Waals surface area contributed by atoms with E-state index < -0.39 is 12.0 Å². The number of hydrogen-bond donors (Lipinski definition) is 1. The number of benzene rings is 3. The molecule has 0 aromatic heterocycles. The second-order valence-corrected chi connectivity index (χ2v) is 10.6. The molecule has 0 heterocycles. The van der Waals surface area contributed by atoms with Gasteiger partial charge in [-0.15, -0.1) is 0 Å². The molecule has 196 valence electrons. The van der Waals surface area contributed by atoms with Crippen LogP contribution in [-0.2, 0) is 11.2 Å². The SMILES string of the molecule is C=C(c1ccc(Cl)c(Cl)c1)N(CC1=CC=CC2=CC=CC[C@H]21)[C@H](Cc1ccc(-c2ccccc2)cc1)C(=O)O. The molecule has 1 N–H and O–H groups in total. The van der Waals surface area contributed by atoms with Crippen molar-refractivity contribution in [1.82, 2.24) is 4.90 Å². The van der Waals surface area contributed by atoms with Crippen molar-refractivity contribution in [3.05, 3.63) is 148 Å². The van der Waals surface area contributed by atoms with Gasteiger partial charge in [0.2, 0.25) is 0 Å². The summed E-state index contributed by atoms with van der Waals surface area (Å²) in [6, 6.07) is 22.7. The summed E-state index contributed by atoms with van der Waals surface area (Å²) in [6.45, 7) is 4.78. The molecular weight excluding hydrogens is 525 g/mol. The van der Waals surface area contributed by atoms with Gasteiger partial charge in [0.15, 0.2) is 0 Å². The summed E-state index contributed by atoms with van der Waals surface area (Å²) in [4.78, 5) is 14.7. The van der Waals surface area contributed by atoms with E-state index in [0.29, 0.717) is 28.7 Å². The van der Waals surface area contributed by atoms with Crippen LogP contribution in [0.15, 0.2) is 127 Å². The molecule has 3 aromatic rings. The smallest absolute Gasteiger partial charge is 0.326 e. The van der Waals surface area contributed by atoms with E-state index in [-0.39, 0.29) is 5.92 Å². The predicted octanol–water partition coefficient (Wildman–Crippen LogP) is 8.63. The fraction of sp³-hybridized carbons (Fsp3) is 0.147. The molecule has 0 saturated carbocycles. The first-order chi connectivity index (χ1) is 18.9. The quantitative estimate of drug-likeness (QED) is 0.288. The number of carboxylic acids is 1. The Morgan fingerprint density at radius 1 is 0.949 bits per heavy atom. The van der Waals surface area contributed by atoms with Crippen molar-refractivity contribution in [3.63, 3.8) is 0 Å². The molecule has 39 heavy (non-hydrogen) atoms. The van der Waals surface area contributed by atoms with Crippen LogP contribution in [-0.4, -0.2) is 28.6 Å². The normalized spacial score (nSPS) is 16.6. The van der Waals surface area contributed by atoms with Crippen molar-refractivity contribution < 1.29 is 9.90 Å². The van der Waals surface area contributed by atoms with E-state index in [0.717, 1.165) is 34.2 Å². The molecule has 0 spiro atoms. The van der Waals surface area contributed by atoms with Crippen molar-refractivity contribution >= 4 is 34.9 Å². The maximum atomic E-state index is 12.8. The van der Waals surface area contributed by atoms with E-state index in [2.05, 4.69) is 49.1 Å². The summed E-state index contributed by atoms with van der Waals surface area (Å²) < 4.78 is 0. The lowest BCUT2D eigenvalue weighted by molar-refractivity contribution is -0.141. The van der Waals surface area contributed by atoms with Crippen LogP contribution in [0.4, 0.5) is 0 Å². The third-order valence-electron chi connectivity index (χ3n) is 7.35. The highest BCUT2D eigenvalue weighted by molar-refractivity contribution is 6.42. The van der Waals surface area contributed by atoms with Crippen LogP contribution < -0.4 is 0 Å². The second-order valence-electron chi connectivity index (χ2n) is 9.81. The number of fused-ring (bicyclic) bond motifs is 1. The van der Waals surface area contributed by atoms with Gasteiger partial charge in [-0.3, -0.25) is 0 Å². The summed E-state index contributed by atoms with van der Waals surface area (Å²) in [5.41, 5.74) is 6.87. The number of hydrogen-bond acceptors (Lipinski definition) is 2. The third-order valence-corrected chi connectivity index (χ3v) is 8.09. The molecular formula is C34H29Cl2NO2. The topological polar surface area (TPSA) is 40.5 Å². The fourth-order valence-corrected chi connectivity index (χ4v) is 5.49. The van der Waals surface area contributed by atoms with Gasteiger partial charge in [0.1, 0.15) is 6.04 Å². The third kappa shape index (κ3) is 6.11. The first-order valence-corrected chi connectivity index (χ1v) is 13.7. The Kier molecular flexibility index (Phi) is 8.21. The minimum Gasteiger partial charge on any atom is -0.480 e. The standard InChI is InChI=1S/C34H29Cl2NO2/c1-23(28-18-19-31(35)32(36)21-28)37(22-29-12-7-11-27-10-5-6-13-30(27)29)33(34(38)39)20-24-14-16-26(17-15-24)25-8-3-2-4-9-25/h2-12,14-19,21,30,33H,1,13,20,22H2,(H,38,39)/t30-,33-/m1/s1. The molecule has 5 rings (SSSR count). The number of halogens is 2. The fourth-order valence-electron chi connectivity index (χ4n) is 5.19. The van der Waals surface area contributed by atoms with E-state index in [1.54, 1.807) is 12.1 Å². The molecule has 5 heteroatoms. The number of allylic oxidation sites excluding steroid dienone is 7. The molecule has 2 aliphatic carbocycles. The van der Waals surface area contributed by atoms with E-state index in [1.165, 1.54) is 5.57 Å². The Morgan fingerprint density at radius 3 is 2.41 bits per heavy atom. The number of aliphatic carboxylic acids is 1. The van der Waals surface area contributed by atoms with Crippen molar-refractivity contribution in [2.45, 2.75) is 18.9 Å². The first kappa shape index (κ1) is 26.8. The molecule has 0 radical (unpaired) electrons. The van der Waals surface area contributed by atoms with Crippen LogP contribution in [0.1, 0.15) is 17.5 Å². The molecule has 2 aliphatic rings. The lowest BCUT2D eigenvalue weighted by atomic mass is 9.81. The summed E-state index contributed by atoms with van der Waals surface area (Å²) in [7, 11) is 0.